The third kappa shape index (κ3) is 3.53. The molecule has 116 valence electrons. The number of piperidine rings is 2. The van der Waals surface area contributed by atoms with E-state index in [2.05, 4.69) is 33.8 Å². The van der Waals surface area contributed by atoms with Gasteiger partial charge in [-0.1, -0.05) is 6.92 Å². The van der Waals surface area contributed by atoms with E-state index in [-0.39, 0.29) is 0 Å². The summed E-state index contributed by atoms with van der Waals surface area (Å²) >= 11 is 0. The fourth-order valence-electron chi connectivity index (χ4n) is 4.00. The lowest BCUT2D eigenvalue weighted by molar-refractivity contribution is -0.0829. The van der Waals surface area contributed by atoms with Crippen molar-refractivity contribution in [3.8, 4) is 0 Å². The van der Waals surface area contributed by atoms with Gasteiger partial charge in [-0.05, 0) is 51.7 Å². The molecule has 4 nitrogen and oxygen atoms in total. The molecule has 3 fully saturated rings. The third-order valence-electron chi connectivity index (χ3n) is 5.66. The lowest BCUT2D eigenvalue weighted by atomic mass is 10.00. The van der Waals surface area contributed by atoms with E-state index in [9.17, 15) is 0 Å². The molecule has 3 aliphatic rings. The molecule has 0 aromatic heterocycles. The molecule has 0 aromatic rings. The summed E-state index contributed by atoms with van der Waals surface area (Å²) in [4.78, 5) is 5.23. The van der Waals surface area contributed by atoms with Gasteiger partial charge in [0, 0.05) is 45.3 Å². The Morgan fingerprint density at radius 3 is 1.80 bits per heavy atom. The van der Waals surface area contributed by atoms with Gasteiger partial charge in [0.05, 0.1) is 0 Å². The predicted octanol–water partition coefficient (Wildman–Crippen LogP) is 1.35. The lowest BCUT2D eigenvalue weighted by Gasteiger charge is -2.46. The van der Waals surface area contributed by atoms with Gasteiger partial charge in [0.2, 0.25) is 0 Å². The van der Waals surface area contributed by atoms with Crippen molar-refractivity contribution < 1.29 is 0 Å². The van der Waals surface area contributed by atoms with Gasteiger partial charge in [0.1, 0.15) is 0 Å². The number of piperazine rings is 1. The van der Waals surface area contributed by atoms with E-state index in [0.717, 1.165) is 12.0 Å². The maximum Gasteiger partial charge on any atom is 0.0261 e. The molecule has 0 saturated carbocycles. The van der Waals surface area contributed by atoms with E-state index < -0.39 is 0 Å². The number of hydrogen-bond acceptors (Lipinski definition) is 4. The summed E-state index contributed by atoms with van der Waals surface area (Å²) in [5.74, 6) is 0.937. The van der Waals surface area contributed by atoms with E-state index in [1.54, 1.807) is 0 Å². The number of hydrazine groups is 1. The van der Waals surface area contributed by atoms with Crippen LogP contribution in [0.2, 0.25) is 0 Å². The zero-order valence-corrected chi connectivity index (χ0v) is 13.4. The van der Waals surface area contributed by atoms with E-state index in [0.29, 0.717) is 0 Å². The number of nitrogens with zero attached hydrogens (tertiary/aromatic N) is 4. The molecule has 0 amide bonds. The zero-order chi connectivity index (χ0) is 13.9. The first-order valence-electron chi connectivity index (χ1n) is 8.65. The van der Waals surface area contributed by atoms with Crippen LogP contribution in [0.5, 0.6) is 0 Å². The molecule has 0 N–H and O–H groups in total. The Hall–Kier alpha value is -0.160. The van der Waals surface area contributed by atoms with Crippen LogP contribution in [0.3, 0.4) is 0 Å². The Kier molecular flexibility index (Phi) is 4.97. The van der Waals surface area contributed by atoms with Crippen molar-refractivity contribution in [2.24, 2.45) is 5.92 Å². The van der Waals surface area contributed by atoms with Crippen molar-refractivity contribution in [2.75, 3.05) is 59.4 Å². The van der Waals surface area contributed by atoms with Crippen LogP contribution in [0, 0.1) is 5.92 Å². The number of likely N-dealkylation sites (tertiary alicyclic amines) is 1. The maximum atomic E-state index is 2.76. The largest absolute Gasteiger partial charge is 0.306 e. The number of rotatable bonds is 2. The molecule has 0 atom stereocenters. The first-order valence-corrected chi connectivity index (χ1v) is 8.65. The normalized spacial score (nSPS) is 30.9. The maximum absolute atomic E-state index is 2.76. The highest BCUT2D eigenvalue weighted by atomic mass is 15.6. The van der Waals surface area contributed by atoms with Crippen LogP contribution < -0.4 is 0 Å². The third-order valence-corrected chi connectivity index (χ3v) is 5.66. The summed E-state index contributed by atoms with van der Waals surface area (Å²) in [7, 11) is 2.26. The summed E-state index contributed by atoms with van der Waals surface area (Å²) in [6.45, 7) is 12.6. The fraction of sp³-hybridized carbons (Fsp3) is 1.00. The fourth-order valence-corrected chi connectivity index (χ4v) is 4.00. The van der Waals surface area contributed by atoms with Crippen LogP contribution in [0.4, 0.5) is 0 Å². The van der Waals surface area contributed by atoms with Crippen LogP contribution in [0.25, 0.3) is 0 Å². The molecular weight excluding hydrogens is 248 g/mol. The monoisotopic (exact) mass is 280 g/mol. The first-order chi connectivity index (χ1) is 9.72. The van der Waals surface area contributed by atoms with Gasteiger partial charge < -0.3 is 4.90 Å². The van der Waals surface area contributed by atoms with Crippen LogP contribution >= 0.6 is 0 Å². The molecule has 0 radical (unpaired) electrons. The van der Waals surface area contributed by atoms with E-state index in [1.807, 2.05) is 0 Å². The Bertz CT molecular complexity index is 255. The summed E-state index contributed by atoms with van der Waals surface area (Å²) in [5, 5.41) is 5.27. The Labute approximate surface area is 124 Å². The summed E-state index contributed by atoms with van der Waals surface area (Å²) in [5.41, 5.74) is 0. The van der Waals surface area contributed by atoms with Gasteiger partial charge in [-0.25, -0.2) is 10.0 Å². The molecule has 3 aliphatic heterocycles. The Balaban J connectivity index is 1.42. The minimum absolute atomic E-state index is 0.856. The minimum Gasteiger partial charge on any atom is -0.306 e. The van der Waals surface area contributed by atoms with E-state index in [1.165, 1.54) is 78.0 Å². The molecule has 0 unspecified atom stereocenters. The predicted molar refractivity (Wildman–Crippen MR) is 83.6 cm³/mol. The molecule has 0 bridgehead atoms. The highest BCUT2D eigenvalue weighted by Gasteiger charge is 2.29. The van der Waals surface area contributed by atoms with Gasteiger partial charge in [-0.3, -0.25) is 4.90 Å². The molecule has 3 heterocycles. The molecule has 20 heavy (non-hydrogen) atoms. The van der Waals surface area contributed by atoms with Crippen LogP contribution in [-0.4, -0.2) is 85.3 Å². The van der Waals surface area contributed by atoms with Crippen molar-refractivity contribution in [2.45, 2.75) is 38.6 Å². The Morgan fingerprint density at radius 1 is 0.650 bits per heavy atom. The SMILES string of the molecule is CC1CCN(N2CCN(C3CCN(C)CC3)CC2)CC1. The lowest BCUT2D eigenvalue weighted by Crippen LogP contribution is -2.58. The summed E-state index contributed by atoms with van der Waals surface area (Å²) in [6, 6.07) is 0.856. The van der Waals surface area contributed by atoms with E-state index in [4.69, 9.17) is 0 Å². The van der Waals surface area contributed by atoms with Crippen LogP contribution in [0.1, 0.15) is 32.6 Å². The first kappa shape index (κ1) is 14.8. The van der Waals surface area contributed by atoms with Gasteiger partial charge in [0.25, 0.3) is 0 Å². The van der Waals surface area contributed by atoms with Crippen molar-refractivity contribution in [3.63, 3.8) is 0 Å². The summed E-state index contributed by atoms with van der Waals surface area (Å²) < 4.78 is 0. The van der Waals surface area contributed by atoms with Crippen molar-refractivity contribution in [1.82, 2.24) is 19.8 Å². The van der Waals surface area contributed by atoms with Gasteiger partial charge in [-0.15, -0.1) is 0 Å². The van der Waals surface area contributed by atoms with Crippen LogP contribution in [-0.2, 0) is 0 Å². The average molecular weight is 280 g/mol. The van der Waals surface area contributed by atoms with Crippen molar-refractivity contribution in [3.05, 3.63) is 0 Å². The molecule has 4 heteroatoms. The van der Waals surface area contributed by atoms with Gasteiger partial charge in [0.15, 0.2) is 0 Å². The quantitative estimate of drug-likeness (QED) is 0.757. The highest BCUT2D eigenvalue weighted by molar-refractivity contribution is 4.83. The topological polar surface area (TPSA) is 13.0 Å². The second-order valence-corrected chi connectivity index (χ2v) is 7.16. The van der Waals surface area contributed by atoms with Gasteiger partial charge in [-0.2, -0.15) is 0 Å². The average Bonchev–Trinajstić information content (AvgIpc) is 2.49. The zero-order valence-electron chi connectivity index (χ0n) is 13.4. The van der Waals surface area contributed by atoms with E-state index >= 15 is 0 Å². The highest BCUT2D eigenvalue weighted by Crippen LogP contribution is 2.21. The molecular formula is C16H32N4. The second kappa shape index (κ2) is 6.73. The standard InChI is InChI=1S/C16H32N4/c1-15-3-9-19(10-4-15)20-13-11-18(12-14-20)16-5-7-17(2)8-6-16/h15-16H,3-14H2,1-2H3. The molecule has 0 aromatic carbocycles. The summed E-state index contributed by atoms with van der Waals surface area (Å²) in [6.07, 6.45) is 5.51. The Morgan fingerprint density at radius 2 is 1.20 bits per heavy atom. The molecule has 3 rings (SSSR count). The smallest absolute Gasteiger partial charge is 0.0261 e. The minimum atomic E-state index is 0.856. The second-order valence-electron chi connectivity index (χ2n) is 7.16. The van der Waals surface area contributed by atoms with Crippen LogP contribution in [0.15, 0.2) is 0 Å². The van der Waals surface area contributed by atoms with Crippen molar-refractivity contribution in [1.29, 1.82) is 0 Å². The number of hydrogen-bond donors (Lipinski definition) is 0. The molecule has 3 saturated heterocycles. The molecule has 0 spiro atoms. The van der Waals surface area contributed by atoms with Gasteiger partial charge >= 0.3 is 0 Å². The molecule has 0 aliphatic carbocycles. The van der Waals surface area contributed by atoms with Crippen molar-refractivity contribution >= 4 is 0 Å².